The van der Waals surface area contributed by atoms with Crippen LogP contribution in [0.4, 0.5) is 16.2 Å². The molecule has 2 aliphatic carbocycles. The molecule has 0 aromatic heterocycles. The fourth-order valence-corrected chi connectivity index (χ4v) is 9.49. The van der Waals surface area contributed by atoms with Crippen LogP contribution in [0.15, 0.2) is 82.3 Å². The Hall–Kier alpha value is -3.22. The van der Waals surface area contributed by atoms with Crippen molar-refractivity contribution < 1.29 is 69.6 Å². The van der Waals surface area contributed by atoms with E-state index in [0.717, 1.165) is 54.0 Å². The first-order chi connectivity index (χ1) is 25.5. The van der Waals surface area contributed by atoms with Crippen LogP contribution in [0.3, 0.4) is 0 Å². The van der Waals surface area contributed by atoms with E-state index in [0.29, 0.717) is 56.0 Å². The van der Waals surface area contributed by atoms with E-state index in [9.17, 15) is 30.7 Å². The van der Waals surface area contributed by atoms with Gasteiger partial charge in [-0.15, -0.1) is 11.8 Å². The van der Waals surface area contributed by atoms with E-state index in [-0.39, 0.29) is 39.3 Å². The van der Waals surface area contributed by atoms with Crippen molar-refractivity contribution in [3.05, 3.63) is 83.6 Å². The molecule has 6 rings (SSSR count). The Morgan fingerprint density at radius 3 is 2.16 bits per heavy atom. The Morgan fingerprint density at radius 1 is 0.927 bits per heavy atom. The molecule has 14 heteroatoms. The van der Waals surface area contributed by atoms with Crippen molar-refractivity contribution in [2.45, 2.75) is 87.3 Å². The van der Waals surface area contributed by atoms with E-state index >= 15 is 0 Å². The number of carbonyl (C=O) groups excluding carboxylic acids is 1. The predicted octanol–water partition coefficient (Wildman–Crippen LogP) is 3.24. The standard InChI is InChI=1S/C41H49N3O8S2.Na/c1-6-43-35-21-19-28(53(46,47)48)25-33(35)40(2,3)37(43)17-12-9-13-18-38-41(4,5)34-26-29(54(49,50)51)20-22-36(34)44(38)24-14-23-42-39(45)52-27-32-30-15-10-7-8-11-16-31(30)32;/h9,12-13,17-22,25-26,30-32H,6,10-11,14-16,23-24,27H2,1-5H3,(H2-,42,45,46,47,48,49,50,51);/q;+1/p-1/t30-,31?,32?;/m0./s1. The normalized spacial score (nSPS) is 23.0. The fraction of sp³-hybridized carbons (Fsp3) is 0.463. The number of ether oxygens (including phenoxy) is 1. The van der Waals surface area contributed by atoms with Crippen molar-refractivity contribution in [1.82, 2.24) is 5.32 Å². The Morgan fingerprint density at radius 2 is 1.55 bits per heavy atom. The molecule has 1 fully saturated rings. The molecule has 2 aliphatic heterocycles. The maximum Gasteiger partial charge on any atom is 1.00 e. The molecule has 2 aromatic carbocycles. The molecule has 0 radical (unpaired) electrons. The molecule has 0 bridgehead atoms. The maximum absolute atomic E-state index is 12.6. The van der Waals surface area contributed by atoms with E-state index in [4.69, 9.17) is 4.74 Å². The van der Waals surface area contributed by atoms with Crippen molar-refractivity contribution in [1.29, 1.82) is 0 Å². The second-order valence-electron chi connectivity index (χ2n) is 15.4. The van der Waals surface area contributed by atoms with Gasteiger partial charge in [0.15, 0.2) is 12.3 Å². The van der Waals surface area contributed by atoms with Crippen molar-refractivity contribution in [3.63, 3.8) is 0 Å². The average Bonchev–Trinajstić information content (AvgIpc) is 3.61. The van der Waals surface area contributed by atoms with Crippen molar-refractivity contribution in [2.75, 3.05) is 31.1 Å². The molecule has 4 aliphatic rings. The second-order valence-corrected chi connectivity index (χ2v) is 18.2. The number of anilines is 1. The predicted molar refractivity (Wildman–Crippen MR) is 205 cm³/mol. The number of benzene rings is 2. The number of fused-ring (bicyclic) bond motifs is 3. The Kier molecular flexibility index (Phi) is 13.0. The number of amides is 1. The number of hydrogen-bond donors (Lipinski definition) is 1. The average molecular weight is 798 g/mol. The second kappa shape index (κ2) is 16.7. The van der Waals surface area contributed by atoms with Gasteiger partial charge in [-0.3, -0.25) is 0 Å². The molecule has 1 N–H and O–H groups in total. The van der Waals surface area contributed by atoms with E-state index in [1.807, 2.05) is 65.0 Å². The first-order valence-corrected chi connectivity index (χ1v) is 21.3. The van der Waals surface area contributed by atoms with Gasteiger partial charge >= 0.3 is 35.7 Å². The molecular weight excluding hydrogens is 750 g/mol. The summed E-state index contributed by atoms with van der Waals surface area (Å²) in [5.41, 5.74) is 3.73. The smallest absolute Gasteiger partial charge is 0.744 e. The summed E-state index contributed by atoms with van der Waals surface area (Å²) in [6.07, 6.45) is 13.7. The summed E-state index contributed by atoms with van der Waals surface area (Å²) in [6, 6.07) is 8.95. The number of nitrogens with one attached hydrogen (secondary N) is 1. The van der Waals surface area contributed by atoms with Crippen LogP contribution < -0.4 is 39.8 Å². The molecule has 55 heavy (non-hydrogen) atoms. The fourth-order valence-electron chi connectivity index (χ4n) is 8.49. The summed E-state index contributed by atoms with van der Waals surface area (Å²) in [5.74, 6) is 8.00. The quantitative estimate of drug-likeness (QED) is 0.0851. The SMILES string of the molecule is CCN1\C(=C/C=C/C=C/C2=[N+](CCCNC(=O)OCC3C4CCC#CCC[C@@H]43)c3ccc(S(=O)(=O)[O-])cc3C2(C)C)C(C)(C)c2cc(S(=O)(=O)[O-])ccc21.[Na+]. The zero-order valence-electron chi connectivity index (χ0n) is 32.4. The van der Waals surface area contributed by atoms with Gasteiger partial charge in [0.25, 0.3) is 0 Å². The summed E-state index contributed by atoms with van der Waals surface area (Å²) in [4.78, 5) is 14.1. The Bertz CT molecular complexity index is 2230. The number of rotatable bonds is 12. The van der Waals surface area contributed by atoms with Crippen LogP contribution in [-0.4, -0.2) is 68.6 Å². The van der Waals surface area contributed by atoms with Crippen LogP contribution in [0.25, 0.3) is 0 Å². The number of carbonyl (C=O) groups is 1. The van der Waals surface area contributed by atoms with Crippen LogP contribution in [0.2, 0.25) is 0 Å². The molecule has 0 saturated heterocycles. The molecule has 3 atom stereocenters. The molecule has 2 unspecified atom stereocenters. The van der Waals surface area contributed by atoms with Gasteiger partial charge < -0.3 is 24.1 Å². The number of allylic oxidation sites excluding steroid dienone is 6. The van der Waals surface area contributed by atoms with Crippen LogP contribution >= 0.6 is 0 Å². The summed E-state index contributed by atoms with van der Waals surface area (Å²) < 4.78 is 78.8. The van der Waals surface area contributed by atoms with Crippen LogP contribution in [0.1, 0.15) is 77.8 Å². The van der Waals surface area contributed by atoms with Crippen molar-refractivity contribution >= 4 is 43.4 Å². The first kappa shape index (κ1) is 42.9. The number of nitrogens with zero attached hydrogens (tertiary/aromatic N) is 2. The van der Waals surface area contributed by atoms with E-state index in [2.05, 4.69) is 26.6 Å². The van der Waals surface area contributed by atoms with Crippen molar-refractivity contribution in [2.24, 2.45) is 17.8 Å². The minimum Gasteiger partial charge on any atom is -0.744 e. The van der Waals surface area contributed by atoms with Crippen LogP contribution in [-0.2, 0) is 35.8 Å². The van der Waals surface area contributed by atoms with Crippen LogP contribution in [0.5, 0.6) is 0 Å². The monoisotopic (exact) mass is 797 g/mol. The van der Waals surface area contributed by atoms with E-state index in [1.54, 1.807) is 12.1 Å². The number of hydrogen-bond acceptors (Lipinski definition) is 9. The van der Waals surface area contributed by atoms with Gasteiger partial charge in [0, 0.05) is 66.9 Å². The molecule has 11 nitrogen and oxygen atoms in total. The van der Waals surface area contributed by atoms with Gasteiger partial charge in [0.05, 0.1) is 21.8 Å². The van der Waals surface area contributed by atoms with Crippen LogP contribution in [0, 0.1) is 29.6 Å². The third-order valence-electron chi connectivity index (χ3n) is 11.4. The minimum atomic E-state index is -4.67. The summed E-state index contributed by atoms with van der Waals surface area (Å²) >= 11 is 0. The molecule has 288 valence electrons. The molecule has 1 amide bonds. The van der Waals surface area contributed by atoms with Gasteiger partial charge in [0.2, 0.25) is 5.69 Å². The van der Waals surface area contributed by atoms with Gasteiger partial charge in [-0.25, -0.2) is 21.6 Å². The van der Waals surface area contributed by atoms with Gasteiger partial charge in [-0.2, -0.15) is 4.58 Å². The Labute approximate surface area is 347 Å². The molecule has 0 spiro atoms. The zero-order valence-corrected chi connectivity index (χ0v) is 36.1. The number of likely N-dealkylation sites (N-methyl/N-ethyl adjacent to an activating group) is 1. The third kappa shape index (κ3) is 9.01. The largest absolute Gasteiger partial charge is 1.00 e. The van der Waals surface area contributed by atoms with E-state index in [1.165, 1.54) is 24.3 Å². The molecule has 2 heterocycles. The summed E-state index contributed by atoms with van der Waals surface area (Å²) in [6.45, 7) is 11.9. The molecular formula is C41H48N3NaO8S2. The van der Waals surface area contributed by atoms with Gasteiger partial charge in [0.1, 0.15) is 20.2 Å². The zero-order chi connectivity index (χ0) is 39.1. The Balaban J connectivity index is 0.00000580. The van der Waals surface area contributed by atoms with Crippen molar-refractivity contribution in [3.8, 4) is 11.8 Å². The molecule has 2 aromatic rings. The molecule has 1 saturated carbocycles. The third-order valence-corrected chi connectivity index (χ3v) is 13.1. The summed E-state index contributed by atoms with van der Waals surface area (Å²) in [7, 11) is -9.27. The van der Waals surface area contributed by atoms with E-state index < -0.39 is 37.2 Å². The van der Waals surface area contributed by atoms with Gasteiger partial charge in [-0.05, 0) is 93.3 Å². The first-order valence-electron chi connectivity index (χ1n) is 18.5. The maximum atomic E-state index is 12.6. The van der Waals surface area contributed by atoms with Gasteiger partial charge in [-0.1, -0.05) is 32.1 Å². The minimum absolute atomic E-state index is 0. The summed E-state index contributed by atoms with van der Waals surface area (Å²) in [5, 5.41) is 2.88. The topological polar surface area (TPSA) is 159 Å². The number of alkyl carbamates (subject to hydrolysis) is 1.